The fourth-order valence-electron chi connectivity index (χ4n) is 6.19. The van der Waals surface area contributed by atoms with Gasteiger partial charge in [-0.1, -0.05) is 61.4 Å². The molecule has 1 saturated heterocycles. The van der Waals surface area contributed by atoms with Gasteiger partial charge in [0.05, 0.1) is 0 Å². The maximum atomic E-state index is 13.4. The molecule has 0 radical (unpaired) electrons. The van der Waals surface area contributed by atoms with Crippen molar-refractivity contribution >= 4 is 18.0 Å². The van der Waals surface area contributed by atoms with Gasteiger partial charge >= 0.3 is 12.1 Å². The van der Waals surface area contributed by atoms with Crippen molar-refractivity contribution in [3.63, 3.8) is 0 Å². The molecule has 1 heterocycles. The smallest absolute Gasteiger partial charge is 0.407 e. The number of rotatable bonds is 7. The predicted octanol–water partition coefficient (Wildman–Crippen LogP) is 4.55. The number of aliphatic carboxylic acids is 1. The van der Waals surface area contributed by atoms with Gasteiger partial charge in [-0.15, -0.1) is 0 Å². The normalized spacial score (nSPS) is 21.5. The molecular formula is C28H32N2O5. The molecule has 2 amide bonds. The van der Waals surface area contributed by atoms with Gasteiger partial charge in [0, 0.05) is 24.9 Å². The second-order valence-electron chi connectivity index (χ2n) is 9.89. The fourth-order valence-corrected chi connectivity index (χ4v) is 6.19. The third kappa shape index (κ3) is 4.77. The van der Waals surface area contributed by atoms with Crippen molar-refractivity contribution in [1.82, 2.24) is 10.2 Å². The van der Waals surface area contributed by atoms with Gasteiger partial charge in [-0.25, -0.2) is 4.79 Å². The maximum absolute atomic E-state index is 13.4. The Hall–Kier alpha value is -3.35. The number of hydrogen-bond acceptors (Lipinski definition) is 4. The molecule has 184 valence electrons. The highest BCUT2D eigenvalue weighted by Crippen LogP contribution is 2.44. The van der Waals surface area contributed by atoms with E-state index in [4.69, 9.17) is 4.74 Å². The van der Waals surface area contributed by atoms with Gasteiger partial charge in [0.2, 0.25) is 5.91 Å². The third-order valence-electron chi connectivity index (χ3n) is 7.87. The number of ether oxygens (including phenoxy) is 1. The Morgan fingerprint density at radius 3 is 2.31 bits per heavy atom. The molecule has 7 nitrogen and oxygen atoms in total. The van der Waals surface area contributed by atoms with E-state index in [1.807, 2.05) is 29.2 Å². The van der Waals surface area contributed by atoms with Crippen LogP contribution in [-0.4, -0.2) is 53.2 Å². The molecule has 0 spiro atoms. The summed E-state index contributed by atoms with van der Waals surface area (Å²) in [6.07, 6.45) is 4.56. The van der Waals surface area contributed by atoms with Crippen LogP contribution in [0.15, 0.2) is 48.5 Å². The van der Waals surface area contributed by atoms with Crippen LogP contribution in [0.3, 0.4) is 0 Å². The number of benzene rings is 2. The van der Waals surface area contributed by atoms with E-state index in [0.717, 1.165) is 47.9 Å². The van der Waals surface area contributed by atoms with Crippen LogP contribution >= 0.6 is 0 Å². The van der Waals surface area contributed by atoms with Crippen LogP contribution < -0.4 is 5.32 Å². The summed E-state index contributed by atoms with van der Waals surface area (Å²) in [6.45, 7) is 0.818. The Kier molecular flexibility index (Phi) is 6.75. The maximum Gasteiger partial charge on any atom is 0.407 e. The summed E-state index contributed by atoms with van der Waals surface area (Å²) < 4.78 is 5.63. The number of carboxylic acid groups (broad SMARTS) is 1. The summed E-state index contributed by atoms with van der Waals surface area (Å²) in [5, 5.41) is 11.9. The molecule has 3 atom stereocenters. The zero-order valence-electron chi connectivity index (χ0n) is 19.8. The highest BCUT2D eigenvalue weighted by atomic mass is 16.5. The monoisotopic (exact) mass is 476 g/mol. The van der Waals surface area contributed by atoms with Gasteiger partial charge in [0.15, 0.2) is 0 Å². The molecule has 3 unspecified atom stereocenters. The molecule has 35 heavy (non-hydrogen) atoms. The van der Waals surface area contributed by atoms with Gasteiger partial charge < -0.3 is 20.1 Å². The minimum Gasteiger partial charge on any atom is -0.481 e. The van der Waals surface area contributed by atoms with Gasteiger partial charge in [0.1, 0.15) is 12.6 Å². The highest BCUT2D eigenvalue weighted by molar-refractivity contribution is 5.87. The Morgan fingerprint density at radius 1 is 0.971 bits per heavy atom. The molecule has 2 aliphatic carbocycles. The quantitative estimate of drug-likeness (QED) is 0.611. The Bertz CT molecular complexity index is 1070. The Balaban J connectivity index is 1.26. The average Bonchev–Trinajstić information content (AvgIpc) is 3.44. The molecule has 7 heteroatoms. The minimum atomic E-state index is -0.992. The number of amides is 2. The number of alkyl carbamates (subject to hydrolysis) is 1. The van der Waals surface area contributed by atoms with Crippen molar-refractivity contribution in [3.8, 4) is 11.1 Å². The lowest BCUT2D eigenvalue weighted by molar-refractivity contribution is -0.138. The lowest BCUT2D eigenvalue weighted by Crippen LogP contribution is -2.51. The highest BCUT2D eigenvalue weighted by Gasteiger charge is 2.40. The van der Waals surface area contributed by atoms with Crippen LogP contribution in [0.5, 0.6) is 0 Å². The third-order valence-corrected chi connectivity index (χ3v) is 7.87. The average molecular weight is 477 g/mol. The number of fused-ring (bicyclic) bond motifs is 4. The van der Waals surface area contributed by atoms with Gasteiger partial charge in [-0.05, 0) is 53.9 Å². The van der Waals surface area contributed by atoms with Gasteiger partial charge in [-0.3, -0.25) is 9.59 Å². The van der Waals surface area contributed by atoms with E-state index < -0.39 is 18.1 Å². The second-order valence-corrected chi connectivity index (χ2v) is 9.89. The summed E-state index contributed by atoms with van der Waals surface area (Å²) in [6, 6.07) is 15.5. The lowest BCUT2D eigenvalue weighted by Gasteiger charge is -2.33. The van der Waals surface area contributed by atoms with E-state index in [1.54, 1.807) is 0 Å². The molecule has 1 aliphatic heterocycles. The second kappa shape index (κ2) is 10.1. The van der Waals surface area contributed by atoms with Crippen molar-refractivity contribution in [1.29, 1.82) is 0 Å². The molecule has 2 aromatic rings. The van der Waals surface area contributed by atoms with Crippen LogP contribution in [0.1, 0.15) is 62.0 Å². The number of carbonyl (C=O) groups excluding carboxylic acids is 2. The Labute approximate surface area is 205 Å². The summed E-state index contributed by atoms with van der Waals surface area (Å²) >= 11 is 0. The van der Waals surface area contributed by atoms with Crippen LogP contribution in [0, 0.1) is 5.92 Å². The topological polar surface area (TPSA) is 95.9 Å². The molecule has 0 aromatic heterocycles. The van der Waals surface area contributed by atoms with Crippen LogP contribution in [-0.2, 0) is 14.3 Å². The van der Waals surface area contributed by atoms with E-state index in [9.17, 15) is 19.5 Å². The predicted molar refractivity (Wildman–Crippen MR) is 131 cm³/mol. The first-order valence-corrected chi connectivity index (χ1v) is 12.7. The first-order chi connectivity index (χ1) is 17.0. The molecule has 5 rings (SSSR count). The number of carboxylic acids is 1. The summed E-state index contributed by atoms with van der Waals surface area (Å²) in [4.78, 5) is 39.3. The van der Waals surface area contributed by atoms with Crippen LogP contribution in [0.2, 0.25) is 0 Å². The molecule has 2 aromatic carbocycles. The SMILES string of the molecule is O=C(O)CCC(NC(=O)OCC1c2ccccc2-c2ccccc21)C(=O)N1CCC2CCCCC21. The first kappa shape index (κ1) is 23.4. The number of nitrogens with one attached hydrogen (secondary N) is 1. The number of carbonyl (C=O) groups is 3. The zero-order valence-corrected chi connectivity index (χ0v) is 19.8. The number of nitrogens with zero attached hydrogens (tertiary/aromatic N) is 1. The summed E-state index contributed by atoms with van der Waals surface area (Å²) in [5.74, 6) is -0.742. The van der Waals surface area contributed by atoms with Gasteiger partial charge in [0.25, 0.3) is 0 Å². The van der Waals surface area contributed by atoms with E-state index in [2.05, 4.69) is 29.6 Å². The van der Waals surface area contributed by atoms with Crippen molar-refractivity contribution in [2.45, 2.75) is 62.9 Å². The molecule has 2 N–H and O–H groups in total. The van der Waals surface area contributed by atoms with Gasteiger partial charge in [-0.2, -0.15) is 0 Å². The standard InChI is InChI=1S/C28H32N2O5/c31-26(32)14-13-24(27(33)30-16-15-18-7-1-6-12-25(18)30)29-28(34)35-17-23-21-10-4-2-8-19(21)20-9-3-5-11-22(20)23/h2-5,8-11,18,23-25H,1,6-7,12-17H2,(H,29,34)(H,31,32). The van der Waals surface area contributed by atoms with E-state index in [0.29, 0.717) is 12.5 Å². The first-order valence-electron chi connectivity index (χ1n) is 12.7. The lowest BCUT2D eigenvalue weighted by atomic mass is 9.85. The van der Waals surface area contributed by atoms with Crippen molar-refractivity contribution in [3.05, 3.63) is 59.7 Å². The Morgan fingerprint density at radius 2 is 1.63 bits per heavy atom. The fraction of sp³-hybridized carbons (Fsp3) is 0.464. The number of likely N-dealkylation sites (tertiary alicyclic amines) is 1. The zero-order chi connectivity index (χ0) is 24.4. The largest absolute Gasteiger partial charge is 0.481 e. The minimum absolute atomic E-state index is 0.0479. The van der Waals surface area contributed by atoms with Crippen LogP contribution in [0.4, 0.5) is 4.79 Å². The molecule has 3 aliphatic rings. The molecule has 2 fully saturated rings. The van der Waals surface area contributed by atoms with Crippen molar-refractivity contribution in [2.24, 2.45) is 5.92 Å². The van der Waals surface area contributed by atoms with Crippen LogP contribution in [0.25, 0.3) is 11.1 Å². The molecule has 1 saturated carbocycles. The number of hydrogen-bond donors (Lipinski definition) is 2. The molecule has 0 bridgehead atoms. The summed E-state index contributed by atoms with van der Waals surface area (Å²) in [5.41, 5.74) is 4.51. The van der Waals surface area contributed by atoms with E-state index >= 15 is 0 Å². The van der Waals surface area contributed by atoms with E-state index in [1.165, 1.54) is 6.42 Å². The molecular weight excluding hydrogens is 444 g/mol. The summed E-state index contributed by atoms with van der Waals surface area (Å²) in [7, 11) is 0. The van der Waals surface area contributed by atoms with Crippen molar-refractivity contribution in [2.75, 3.05) is 13.2 Å². The van der Waals surface area contributed by atoms with E-state index in [-0.39, 0.29) is 37.3 Å². The van der Waals surface area contributed by atoms with Crippen molar-refractivity contribution < 1.29 is 24.2 Å².